The zero-order chi connectivity index (χ0) is 18.8. The minimum atomic E-state index is -0.485. The third kappa shape index (κ3) is 3.23. The molecule has 6 nitrogen and oxygen atoms in total. The summed E-state index contributed by atoms with van der Waals surface area (Å²) in [6.07, 6.45) is 1.51. The van der Waals surface area contributed by atoms with E-state index in [2.05, 4.69) is 5.43 Å². The van der Waals surface area contributed by atoms with Gasteiger partial charge in [-0.2, -0.15) is 0 Å². The zero-order valence-corrected chi connectivity index (χ0v) is 15.3. The number of hydrogen-bond donors (Lipinski definition) is 1. The molecule has 26 heavy (non-hydrogen) atoms. The average molecular weight is 373 g/mol. The third-order valence-electron chi connectivity index (χ3n) is 4.02. The van der Waals surface area contributed by atoms with E-state index in [9.17, 15) is 9.59 Å². The molecule has 2 aromatic carbocycles. The summed E-state index contributed by atoms with van der Waals surface area (Å²) in [6, 6.07) is 10.3. The van der Waals surface area contributed by atoms with Crippen LogP contribution in [0.5, 0.6) is 11.5 Å². The number of aryl methyl sites for hydroxylation is 1. The Kier molecular flexibility index (Phi) is 4.86. The summed E-state index contributed by atoms with van der Waals surface area (Å²) in [5.41, 5.74) is 4.59. The van der Waals surface area contributed by atoms with Crippen LogP contribution in [0.3, 0.4) is 0 Å². The van der Waals surface area contributed by atoms with Crippen molar-refractivity contribution in [2.45, 2.75) is 6.92 Å². The van der Waals surface area contributed by atoms with E-state index in [-0.39, 0.29) is 5.57 Å². The summed E-state index contributed by atoms with van der Waals surface area (Å²) in [7, 11) is 3.06. The monoisotopic (exact) mass is 372 g/mol. The predicted molar refractivity (Wildman–Crippen MR) is 99.3 cm³/mol. The first kappa shape index (κ1) is 17.8. The molecular weight excluding hydrogens is 356 g/mol. The second kappa shape index (κ2) is 7.09. The molecule has 0 atom stereocenters. The van der Waals surface area contributed by atoms with Crippen LogP contribution in [0.15, 0.2) is 42.0 Å². The Hall–Kier alpha value is -2.99. The van der Waals surface area contributed by atoms with Gasteiger partial charge in [-0.25, -0.2) is 5.01 Å². The summed E-state index contributed by atoms with van der Waals surface area (Å²) >= 11 is 6.11. The number of carbonyl (C=O) groups excluding carboxylic acids is 2. The van der Waals surface area contributed by atoms with Crippen molar-refractivity contribution in [1.29, 1.82) is 0 Å². The highest BCUT2D eigenvalue weighted by Crippen LogP contribution is 2.30. The second-order valence-corrected chi connectivity index (χ2v) is 6.09. The Morgan fingerprint density at radius 1 is 1.04 bits per heavy atom. The molecule has 1 aliphatic heterocycles. The molecule has 7 heteroatoms. The molecule has 2 aromatic rings. The topological polar surface area (TPSA) is 67.9 Å². The van der Waals surface area contributed by atoms with Crippen LogP contribution in [-0.2, 0) is 9.59 Å². The largest absolute Gasteiger partial charge is 0.493 e. The highest BCUT2D eigenvalue weighted by molar-refractivity contribution is 6.33. The molecule has 0 aliphatic carbocycles. The van der Waals surface area contributed by atoms with Crippen molar-refractivity contribution in [3.8, 4) is 11.5 Å². The molecule has 0 radical (unpaired) electrons. The summed E-state index contributed by atoms with van der Waals surface area (Å²) in [5.74, 6) is 0.133. The number of halogens is 1. The lowest BCUT2D eigenvalue weighted by Gasteiger charge is -2.15. The number of nitrogens with one attached hydrogen (secondary N) is 1. The first-order valence-corrected chi connectivity index (χ1v) is 8.17. The molecule has 0 spiro atoms. The standard InChI is InChI=1S/C19H17ClN2O4/c1-11-4-6-13(10-15(11)20)22-19(24)14(18(23)21-22)8-12-5-7-16(25-2)17(9-12)26-3/h4-10H,1-3H3,(H,21,23)/b14-8-. The molecule has 1 heterocycles. The highest BCUT2D eigenvalue weighted by atomic mass is 35.5. The first-order chi connectivity index (χ1) is 12.4. The molecule has 0 saturated carbocycles. The molecule has 1 aliphatic rings. The lowest BCUT2D eigenvalue weighted by molar-refractivity contribution is -0.117. The van der Waals surface area contributed by atoms with Crippen LogP contribution in [0.4, 0.5) is 5.69 Å². The van der Waals surface area contributed by atoms with Gasteiger partial charge >= 0.3 is 0 Å². The van der Waals surface area contributed by atoms with Gasteiger partial charge < -0.3 is 9.47 Å². The number of methoxy groups -OCH3 is 2. The van der Waals surface area contributed by atoms with Crippen LogP contribution < -0.4 is 19.9 Å². The van der Waals surface area contributed by atoms with E-state index in [0.717, 1.165) is 5.56 Å². The average Bonchev–Trinajstić information content (AvgIpc) is 2.92. The Labute approximate surface area is 155 Å². The zero-order valence-electron chi connectivity index (χ0n) is 14.5. The maximum atomic E-state index is 12.7. The number of carbonyl (C=O) groups is 2. The van der Waals surface area contributed by atoms with E-state index in [4.69, 9.17) is 21.1 Å². The van der Waals surface area contributed by atoms with Crippen molar-refractivity contribution in [3.05, 3.63) is 58.1 Å². The molecule has 0 unspecified atom stereocenters. The Morgan fingerprint density at radius 3 is 2.42 bits per heavy atom. The minimum Gasteiger partial charge on any atom is -0.493 e. The summed E-state index contributed by atoms with van der Waals surface area (Å²) in [6.45, 7) is 1.86. The van der Waals surface area contributed by atoms with Gasteiger partial charge in [0.1, 0.15) is 5.57 Å². The quantitative estimate of drug-likeness (QED) is 0.661. The smallest absolute Gasteiger partial charge is 0.282 e. The molecule has 134 valence electrons. The predicted octanol–water partition coefficient (Wildman–Crippen LogP) is 3.13. The van der Waals surface area contributed by atoms with Gasteiger partial charge in [-0.05, 0) is 48.4 Å². The van der Waals surface area contributed by atoms with Crippen molar-refractivity contribution in [2.24, 2.45) is 0 Å². The number of hydrazine groups is 1. The third-order valence-corrected chi connectivity index (χ3v) is 4.43. The van der Waals surface area contributed by atoms with Gasteiger partial charge in [0.15, 0.2) is 11.5 Å². The van der Waals surface area contributed by atoms with Crippen molar-refractivity contribution >= 4 is 35.2 Å². The van der Waals surface area contributed by atoms with Crippen molar-refractivity contribution in [2.75, 3.05) is 19.2 Å². The molecule has 0 aromatic heterocycles. The minimum absolute atomic E-state index is 0.0221. The van der Waals surface area contributed by atoms with Gasteiger partial charge in [-0.15, -0.1) is 0 Å². The number of hydrogen-bond acceptors (Lipinski definition) is 4. The number of benzene rings is 2. The van der Waals surface area contributed by atoms with Crippen molar-refractivity contribution in [1.82, 2.24) is 5.43 Å². The Bertz CT molecular complexity index is 924. The van der Waals surface area contributed by atoms with Gasteiger partial charge in [0.25, 0.3) is 11.8 Å². The summed E-state index contributed by atoms with van der Waals surface area (Å²) < 4.78 is 10.4. The van der Waals surface area contributed by atoms with Gasteiger partial charge in [-0.3, -0.25) is 15.0 Å². The summed E-state index contributed by atoms with van der Waals surface area (Å²) in [5, 5.41) is 1.70. The van der Waals surface area contributed by atoms with Gasteiger partial charge in [0, 0.05) is 5.02 Å². The molecule has 2 amide bonds. The Balaban J connectivity index is 1.94. The molecule has 0 bridgehead atoms. The van der Waals surface area contributed by atoms with Crippen molar-refractivity contribution < 1.29 is 19.1 Å². The van der Waals surface area contributed by atoms with E-state index in [1.165, 1.54) is 25.3 Å². The fraction of sp³-hybridized carbons (Fsp3) is 0.158. The van der Waals surface area contributed by atoms with E-state index in [1.54, 1.807) is 36.4 Å². The van der Waals surface area contributed by atoms with Crippen LogP contribution in [0.1, 0.15) is 11.1 Å². The highest BCUT2D eigenvalue weighted by Gasteiger charge is 2.34. The normalized spacial score (nSPS) is 15.4. The number of amides is 2. The Morgan fingerprint density at radius 2 is 1.77 bits per heavy atom. The number of rotatable bonds is 4. The SMILES string of the molecule is COc1ccc(/C=C2/C(=O)NN(c3ccc(C)c(Cl)c3)C2=O)cc1OC. The van der Waals surface area contributed by atoms with Gasteiger partial charge in [0.2, 0.25) is 0 Å². The molecule has 1 N–H and O–H groups in total. The van der Waals surface area contributed by atoms with Gasteiger partial charge in [-0.1, -0.05) is 23.7 Å². The van der Waals surface area contributed by atoms with E-state index in [1.807, 2.05) is 6.92 Å². The van der Waals surface area contributed by atoms with Crippen LogP contribution in [0, 0.1) is 6.92 Å². The van der Waals surface area contributed by atoms with Crippen LogP contribution in [0.25, 0.3) is 6.08 Å². The van der Waals surface area contributed by atoms with Crippen LogP contribution in [0.2, 0.25) is 5.02 Å². The fourth-order valence-corrected chi connectivity index (χ4v) is 2.74. The fourth-order valence-electron chi connectivity index (χ4n) is 2.57. The lowest BCUT2D eigenvalue weighted by Crippen LogP contribution is -2.35. The number of nitrogens with zero attached hydrogens (tertiary/aromatic N) is 1. The van der Waals surface area contributed by atoms with Crippen molar-refractivity contribution in [3.63, 3.8) is 0 Å². The van der Waals surface area contributed by atoms with Crippen LogP contribution >= 0.6 is 11.6 Å². The van der Waals surface area contributed by atoms with Gasteiger partial charge in [0.05, 0.1) is 19.9 Å². The summed E-state index contributed by atoms with van der Waals surface area (Å²) in [4.78, 5) is 24.9. The molecule has 3 rings (SSSR count). The van der Waals surface area contributed by atoms with E-state index < -0.39 is 11.8 Å². The molecular formula is C19H17ClN2O4. The molecule has 1 saturated heterocycles. The second-order valence-electron chi connectivity index (χ2n) is 5.69. The lowest BCUT2D eigenvalue weighted by atomic mass is 10.1. The number of ether oxygens (including phenoxy) is 2. The first-order valence-electron chi connectivity index (χ1n) is 7.80. The maximum Gasteiger partial charge on any atom is 0.282 e. The van der Waals surface area contributed by atoms with E-state index >= 15 is 0 Å². The molecule has 1 fully saturated rings. The maximum absolute atomic E-state index is 12.7. The van der Waals surface area contributed by atoms with E-state index in [0.29, 0.717) is 27.8 Å². The number of anilines is 1. The van der Waals surface area contributed by atoms with Crippen LogP contribution in [-0.4, -0.2) is 26.0 Å².